The van der Waals surface area contributed by atoms with Gasteiger partial charge in [0.15, 0.2) is 6.17 Å². The zero-order valence-corrected chi connectivity index (χ0v) is 10.5. The molecule has 1 rings (SSSR count). The number of ether oxygens (including phenoxy) is 2. The third kappa shape index (κ3) is 6.25. The number of allylic oxidation sites excluding steroid dienone is 3. The van der Waals surface area contributed by atoms with Crippen LogP contribution in [0, 0.1) is 0 Å². The molecule has 0 aromatic heterocycles. The summed E-state index contributed by atoms with van der Waals surface area (Å²) >= 11 is 0. The molecule has 0 heterocycles. The molecular formula is C12H17N2NaO5. The molecule has 0 fully saturated rings. The normalized spacial score (nSPS) is 16.7. The van der Waals surface area contributed by atoms with E-state index in [4.69, 9.17) is 15.6 Å². The molecule has 0 aromatic carbocycles. The molecule has 7 nitrogen and oxygen atoms in total. The Labute approximate surface area is 138 Å². The molecular weight excluding hydrogens is 275 g/mol. The molecule has 1 amide bonds. The molecule has 1 atom stereocenters. The molecule has 0 saturated heterocycles. The second-order valence-electron chi connectivity index (χ2n) is 3.75. The molecule has 4 N–H and O–H groups in total. The molecule has 1 unspecified atom stereocenters. The average molecular weight is 292 g/mol. The predicted molar refractivity (Wildman–Crippen MR) is 74.2 cm³/mol. The summed E-state index contributed by atoms with van der Waals surface area (Å²) in [5.41, 5.74) is 6.76. The van der Waals surface area contributed by atoms with E-state index < -0.39 is 18.2 Å². The average Bonchev–Trinajstić information content (AvgIpc) is 2.44. The maximum absolute atomic E-state index is 11.3. The van der Waals surface area contributed by atoms with E-state index in [0.717, 1.165) is 13.4 Å². The van der Waals surface area contributed by atoms with Crippen LogP contribution in [-0.2, 0) is 14.3 Å². The van der Waals surface area contributed by atoms with Gasteiger partial charge in [0.25, 0.3) is 0 Å². The van der Waals surface area contributed by atoms with Crippen LogP contribution in [0.5, 0.6) is 0 Å². The summed E-state index contributed by atoms with van der Waals surface area (Å²) in [6.07, 6.45) is 4.84. The van der Waals surface area contributed by atoms with Crippen LogP contribution in [0.1, 0.15) is 6.42 Å². The van der Waals surface area contributed by atoms with E-state index in [9.17, 15) is 9.59 Å². The molecule has 1 aliphatic carbocycles. The fraction of sp³-hybridized carbons (Fsp3) is 0.333. The van der Waals surface area contributed by atoms with Crippen molar-refractivity contribution in [1.29, 1.82) is 0 Å². The van der Waals surface area contributed by atoms with Crippen molar-refractivity contribution in [2.24, 2.45) is 5.73 Å². The van der Waals surface area contributed by atoms with E-state index in [1.807, 2.05) is 6.08 Å². The first-order chi connectivity index (χ1) is 9.06. The Balaban J connectivity index is 0.00000361. The molecule has 0 aromatic rings. The Morgan fingerprint density at radius 2 is 2.30 bits per heavy atom. The topological polar surface area (TPSA) is 111 Å². The number of carbonyl (C=O) groups is 2. The minimum absolute atomic E-state index is 0. The van der Waals surface area contributed by atoms with Gasteiger partial charge in [-0.3, -0.25) is 5.32 Å². The molecule has 20 heavy (non-hydrogen) atoms. The molecule has 8 heteroatoms. The van der Waals surface area contributed by atoms with Crippen molar-refractivity contribution >= 4 is 41.6 Å². The van der Waals surface area contributed by atoms with Crippen molar-refractivity contribution in [2.45, 2.75) is 12.6 Å². The van der Waals surface area contributed by atoms with Gasteiger partial charge < -0.3 is 20.3 Å². The number of aliphatic hydroxyl groups is 1. The number of rotatable bonds is 4. The fourth-order valence-corrected chi connectivity index (χ4v) is 1.37. The SMILES string of the molecule is COC(=O)C(N)NC(=O)OCC1=CC(=CO)CC=C1.[NaH]. The summed E-state index contributed by atoms with van der Waals surface area (Å²) in [5.74, 6) is -0.765. The number of aliphatic hydroxyl groups excluding tert-OH is 1. The number of methoxy groups -OCH3 is 1. The van der Waals surface area contributed by atoms with E-state index in [1.54, 1.807) is 12.2 Å². The monoisotopic (exact) mass is 292 g/mol. The third-order valence-corrected chi connectivity index (χ3v) is 2.32. The summed E-state index contributed by atoms with van der Waals surface area (Å²) in [6, 6.07) is 0. The van der Waals surface area contributed by atoms with Gasteiger partial charge in [-0.15, -0.1) is 0 Å². The van der Waals surface area contributed by atoms with Gasteiger partial charge in [0, 0.05) is 0 Å². The molecule has 0 saturated carbocycles. The first kappa shape index (κ1) is 18.7. The Hall–Kier alpha value is -1.28. The number of nitrogens with two attached hydrogens (primary N) is 1. The maximum atomic E-state index is 11.3. The van der Waals surface area contributed by atoms with Gasteiger partial charge in [0.2, 0.25) is 0 Å². The van der Waals surface area contributed by atoms with Crippen molar-refractivity contribution in [2.75, 3.05) is 13.7 Å². The molecule has 1 aliphatic rings. The van der Waals surface area contributed by atoms with Crippen molar-refractivity contribution in [3.05, 3.63) is 35.6 Å². The number of nitrogens with one attached hydrogen (secondary N) is 1. The molecule has 0 aliphatic heterocycles. The number of hydrogen-bond acceptors (Lipinski definition) is 6. The van der Waals surface area contributed by atoms with Gasteiger partial charge in [-0.1, -0.05) is 12.2 Å². The van der Waals surface area contributed by atoms with Crippen molar-refractivity contribution < 1.29 is 24.2 Å². The zero-order chi connectivity index (χ0) is 14.3. The number of carbonyl (C=O) groups excluding carboxylic acids is 2. The van der Waals surface area contributed by atoms with Gasteiger partial charge in [0.1, 0.15) is 6.61 Å². The van der Waals surface area contributed by atoms with Crippen LogP contribution in [0.3, 0.4) is 0 Å². The first-order valence-corrected chi connectivity index (χ1v) is 5.54. The number of alkyl carbamates (subject to hydrolysis) is 1. The van der Waals surface area contributed by atoms with Gasteiger partial charge >= 0.3 is 41.6 Å². The van der Waals surface area contributed by atoms with Gasteiger partial charge in [-0.05, 0) is 23.6 Å². The van der Waals surface area contributed by atoms with E-state index in [-0.39, 0.29) is 36.2 Å². The van der Waals surface area contributed by atoms with Crippen LogP contribution in [-0.4, -0.2) is 66.6 Å². The van der Waals surface area contributed by atoms with Crippen LogP contribution in [0.15, 0.2) is 35.6 Å². The molecule has 106 valence electrons. The molecule has 0 spiro atoms. The predicted octanol–water partition coefficient (Wildman–Crippen LogP) is -0.150. The summed E-state index contributed by atoms with van der Waals surface area (Å²) in [5, 5.41) is 11.0. The van der Waals surface area contributed by atoms with Gasteiger partial charge in [-0.25, -0.2) is 9.59 Å². The van der Waals surface area contributed by atoms with E-state index in [1.165, 1.54) is 0 Å². The van der Waals surface area contributed by atoms with Crippen LogP contribution >= 0.6 is 0 Å². The second-order valence-corrected chi connectivity index (χ2v) is 3.75. The van der Waals surface area contributed by atoms with E-state index in [0.29, 0.717) is 17.6 Å². The summed E-state index contributed by atoms with van der Waals surface area (Å²) < 4.78 is 9.22. The minimum atomic E-state index is -1.26. The Morgan fingerprint density at radius 3 is 2.90 bits per heavy atom. The van der Waals surface area contributed by atoms with Crippen molar-refractivity contribution in [1.82, 2.24) is 5.32 Å². The van der Waals surface area contributed by atoms with Crippen LogP contribution < -0.4 is 11.1 Å². The molecule has 0 bridgehead atoms. The fourth-order valence-electron chi connectivity index (χ4n) is 1.37. The van der Waals surface area contributed by atoms with Gasteiger partial charge in [0.05, 0.1) is 13.4 Å². The third-order valence-electron chi connectivity index (χ3n) is 2.32. The first-order valence-electron chi connectivity index (χ1n) is 5.54. The standard InChI is InChI=1S/C12H16N2O5.Na.H/c1-18-11(16)10(13)14-12(17)19-7-9-4-2-3-8(5-9)6-15;;/h2,4-6,10,15H,3,7,13H2,1H3,(H,14,17);;. The Morgan fingerprint density at radius 1 is 1.60 bits per heavy atom. The van der Waals surface area contributed by atoms with Crippen molar-refractivity contribution in [3.8, 4) is 0 Å². The molecule has 0 radical (unpaired) electrons. The van der Waals surface area contributed by atoms with Crippen LogP contribution in [0.2, 0.25) is 0 Å². The van der Waals surface area contributed by atoms with Crippen LogP contribution in [0.25, 0.3) is 0 Å². The van der Waals surface area contributed by atoms with Crippen molar-refractivity contribution in [3.63, 3.8) is 0 Å². The van der Waals surface area contributed by atoms with Crippen LogP contribution in [0.4, 0.5) is 4.79 Å². The number of amides is 1. The second kappa shape index (κ2) is 9.60. The van der Waals surface area contributed by atoms with E-state index >= 15 is 0 Å². The summed E-state index contributed by atoms with van der Waals surface area (Å²) in [4.78, 5) is 22.3. The summed E-state index contributed by atoms with van der Waals surface area (Å²) in [6.45, 7) is 0.00751. The Bertz CT molecular complexity index is 445. The quantitative estimate of drug-likeness (QED) is 0.288. The summed E-state index contributed by atoms with van der Waals surface area (Å²) in [7, 11) is 1.16. The van der Waals surface area contributed by atoms with Gasteiger partial charge in [-0.2, -0.15) is 0 Å². The van der Waals surface area contributed by atoms with E-state index in [2.05, 4.69) is 10.1 Å². The Kier molecular flexibility index (Phi) is 8.98. The number of hydrogen-bond donors (Lipinski definition) is 3. The zero-order valence-electron chi connectivity index (χ0n) is 10.5. The number of esters is 1.